The quantitative estimate of drug-likeness (QED) is 0.0830. The highest BCUT2D eigenvalue weighted by molar-refractivity contribution is 7.51. The number of hydrogen-bond acceptors (Lipinski definition) is 5. The molecule has 246 valence electrons. The second-order valence-corrected chi connectivity index (χ2v) is 13.5. The Morgan fingerprint density at radius 3 is 2.00 bits per heavy atom. The zero-order chi connectivity index (χ0) is 32.2. The van der Waals surface area contributed by atoms with Crippen molar-refractivity contribution < 1.29 is 28.6 Å². The Kier molecular flexibility index (Phi) is 18.0. The van der Waals surface area contributed by atoms with Crippen molar-refractivity contribution >= 4 is 19.6 Å². The van der Waals surface area contributed by atoms with Gasteiger partial charge >= 0.3 is 7.60 Å². The maximum Gasteiger partial charge on any atom is 0.325 e. The van der Waals surface area contributed by atoms with Crippen molar-refractivity contribution in [2.45, 2.75) is 124 Å². The van der Waals surface area contributed by atoms with Gasteiger partial charge in [-0.1, -0.05) is 96.1 Å². The molecule has 2 aromatic rings. The molecule has 0 aliphatic heterocycles. The largest absolute Gasteiger partial charge is 0.496 e. The first-order valence-electron chi connectivity index (χ1n) is 16.4. The van der Waals surface area contributed by atoms with Gasteiger partial charge in [0, 0.05) is 29.4 Å². The first kappa shape index (κ1) is 37.5. The normalized spacial score (nSPS) is 11.9. The van der Waals surface area contributed by atoms with E-state index in [4.69, 9.17) is 9.47 Å². The van der Waals surface area contributed by atoms with Gasteiger partial charge in [0.25, 0.3) is 0 Å². The average molecular weight is 631 g/mol. The molecule has 0 aliphatic rings. The summed E-state index contributed by atoms with van der Waals surface area (Å²) in [4.78, 5) is 35.9. The third-order valence-electron chi connectivity index (χ3n) is 7.83. The fourth-order valence-electron chi connectivity index (χ4n) is 5.21. The number of amides is 1. The molecule has 0 atom stereocenters. The Balaban J connectivity index is 1.79. The van der Waals surface area contributed by atoms with Crippen LogP contribution >= 0.6 is 7.60 Å². The lowest BCUT2D eigenvalue weighted by Gasteiger charge is -2.13. The average Bonchev–Trinajstić information content (AvgIpc) is 2.98. The van der Waals surface area contributed by atoms with E-state index in [1.807, 2.05) is 38.1 Å². The van der Waals surface area contributed by atoms with Gasteiger partial charge < -0.3 is 24.6 Å². The standard InChI is InChI=1S/C35H55N2O6P/c1-5-6-7-8-9-10-11-12-13-14-15-16-17-18-34(38)37-31(23-24-44(39,40)41)25-30-19-21-32(22-20-30)43-27-33-29(3)35(42-4)28(2)26-36-33/h19-22,25-26H,5-18,23-24,27H2,1-4H3,(H,37,38)(H2,39,40,41)/b31-25+. The van der Waals surface area contributed by atoms with Gasteiger partial charge in [-0.05, 0) is 50.5 Å². The number of aromatic nitrogens is 1. The predicted molar refractivity (Wildman–Crippen MR) is 179 cm³/mol. The zero-order valence-corrected chi connectivity index (χ0v) is 28.3. The highest BCUT2D eigenvalue weighted by atomic mass is 31.2. The van der Waals surface area contributed by atoms with Crippen LogP contribution < -0.4 is 14.8 Å². The number of rotatable bonds is 23. The molecule has 3 N–H and O–H groups in total. The molecule has 0 bridgehead atoms. The number of carbonyl (C=O) groups excluding carboxylic acids is 1. The van der Waals surface area contributed by atoms with Crippen LogP contribution in [0.4, 0.5) is 0 Å². The summed E-state index contributed by atoms with van der Waals surface area (Å²) in [5.41, 5.74) is 3.99. The summed E-state index contributed by atoms with van der Waals surface area (Å²) in [6.45, 7) is 6.45. The summed E-state index contributed by atoms with van der Waals surface area (Å²) in [7, 11) is -2.56. The molecule has 0 fully saturated rings. The van der Waals surface area contributed by atoms with Crippen molar-refractivity contribution in [3.8, 4) is 11.5 Å². The van der Waals surface area contributed by atoms with E-state index < -0.39 is 7.60 Å². The van der Waals surface area contributed by atoms with Crippen LogP contribution in [0.2, 0.25) is 0 Å². The second kappa shape index (κ2) is 21.1. The molecule has 8 nitrogen and oxygen atoms in total. The topological polar surface area (TPSA) is 118 Å². The third kappa shape index (κ3) is 15.9. The molecule has 0 radical (unpaired) electrons. The molecule has 1 heterocycles. The number of unbranched alkanes of at least 4 members (excludes halogenated alkanes) is 12. The summed E-state index contributed by atoms with van der Waals surface area (Å²) in [6.07, 6.45) is 19.8. The highest BCUT2D eigenvalue weighted by Crippen LogP contribution is 2.36. The summed E-state index contributed by atoms with van der Waals surface area (Å²) >= 11 is 0. The zero-order valence-electron chi connectivity index (χ0n) is 27.4. The molecular formula is C35H55N2O6P. The molecule has 0 saturated carbocycles. The number of nitrogens with one attached hydrogen (secondary N) is 1. The van der Waals surface area contributed by atoms with E-state index in [0.29, 0.717) is 24.5 Å². The van der Waals surface area contributed by atoms with Crippen molar-refractivity contribution in [1.29, 1.82) is 0 Å². The van der Waals surface area contributed by atoms with Gasteiger partial charge in [0.15, 0.2) is 0 Å². The van der Waals surface area contributed by atoms with E-state index in [-0.39, 0.29) is 18.5 Å². The van der Waals surface area contributed by atoms with Crippen molar-refractivity contribution in [3.63, 3.8) is 0 Å². The number of aryl methyl sites for hydroxylation is 1. The van der Waals surface area contributed by atoms with Gasteiger partial charge in [-0.25, -0.2) is 0 Å². The van der Waals surface area contributed by atoms with Gasteiger partial charge in [-0.15, -0.1) is 0 Å². The molecule has 0 saturated heterocycles. The highest BCUT2D eigenvalue weighted by Gasteiger charge is 2.15. The van der Waals surface area contributed by atoms with Crippen LogP contribution in [-0.4, -0.2) is 33.9 Å². The van der Waals surface area contributed by atoms with Crippen LogP contribution in [0.1, 0.15) is 126 Å². The maximum atomic E-state index is 12.7. The van der Waals surface area contributed by atoms with Gasteiger partial charge in [0.2, 0.25) is 5.91 Å². The monoisotopic (exact) mass is 630 g/mol. The molecule has 1 amide bonds. The van der Waals surface area contributed by atoms with E-state index in [2.05, 4.69) is 17.2 Å². The minimum absolute atomic E-state index is 0.0765. The van der Waals surface area contributed by atoms with E-state index in [0.717, 1.165) is 47.4 Å². The molecule has 2 rings (SSSR count). The van der Waals surface area contributed by atoms with Crippen LogP contribution in [0, 0.1) is 13.8 Å². The molecule has 1 aromatic carbocycles. The number of carbonyl (C=O) groups is 1. The molecular weight excluding hydrogens is 575 g/mol. The van der Waals surface area contributed by atoms with E-state index in [1.165, 1.54) is 64.2 Å². The number of nitrogens with zero attached hydrogens (tertiary/aromatic N) is 1. The summed E-state index contributed by atoms with van der Waals surface area (Å²) in [6, 6.07) is 7.34. The smallest absolute Gasteiger partial charge is 0.325 e. The lowest BCUT2D eigenvalue weighted by atomic mass is 10.0. The van der Waals surface area contributed by atoms with Gasteiger partial charge in [0.05, 0.1) is 19.0 Å². The van der Waals surface area contributed by atoms with Crippen LogP contribution in [0.5, 0.6) is 11.5 Å². The lowest BCUT2D eigenvalue weighted by molar-refractivity contribution is -0.120. The number of pyridine rings is 1. The van der Waals surface area contributed by atoms with Crippen LogP contribution in [0.15, 0.2) is 36.2 Å². The predicted octanol–water partition coefficient (Wildman–Crippen LogP) is 8.79. The number of allylic oxidation sites excluding steroid dienone is 1. The van der Waals surface area contributed by atoms with E-state index >= 15 is 0 Å². The van der Waals surface area contributed by atoms with Crippen LogP contribution in [0.25, 0.3) is 6.08 Å². The summed E-state index contributed by atoms with van der Waals surface area (Å²) in [5.74, 6) is 1.34. The van der Waals surface area contributed by atoms with Crippen LogP contribution in [0.3, 0.4) is 0 Å². The van der Waals surface area contributed by atoms with Crippen LogP contribution in [-0.2, 0) is 16.0 Å². The second-order valence-electron chi connectivity index (χ2n) is 11.8. The number of hydrogen-bond donors (Lipinski definition) is 3. The van der Waals surface area contributed by atoms with Crippen molar-refractivity contribution in [3.05, 3.63) is 58.5 Å². The molecule has 0 aliphatic carbocycles. The van der Waals surface area contributed by atoms with Crippen molar-refractivity contribution in [2.75, 3.05) is 13.3 Å². The van der Waals surface area contributed by atoms with Crippen molar-refractivity contribution in [2.24, 2.45) is 0 Å². The Hall–Kier alpha value is -2.67. The Bertz CT molecular complexity index is 1190. The Labute approximate surface area is 265 Å². The van der Waals surface area contributed by atoms with Gasteiger partial charge in [-0.2, -0.15) is 0 Å². The third-order valence-corrected chi connectivity index (χ3v) is 8.63. The Morgan fingerprint density at radius 2 is 1.45 bits per heavy atom. The number of benzene rings is 1. The molecule has 1 aromatic heterocycles. The molecule has 44 heavy (non-hydrogen) atoms. The number of methoxy groups -OCH3 is 1. The lowest BCUT2D eigenvalue weighted by Crippen LogP contribution is -2.23. The summed E-state index contributed by atoms with van der Waals surface area (Å²) in [5, 5.41) is 2.89. The first-order valence-corrected chi connectivity index (χ1v) is 18.2. The van der Waals surface area contributed by atoms with E-state index in [9.17, 15) is 19.1 Å². The first-order chi connectivity index (χ1) is 21.1. The molecule has 9 heteroatoms. The molecule has 0 spiro atoms. The minimum atomic E-state index is -4.21. The summed E-state index contributed by atoms with van der Waals surface area (Å²) < 4.78 is 22.9. The van der Waals surface area contributed by atoms with Gasteiger partial charge in [-0.3, -0.25) is 14.3 Å². The number of ether oxygens (including phenoxy) is 2. The minimum Gasteiger partial charge on any atom is -0.496 e. The van der Waals surface area contributed by atoms with Gasteiger partial charge in [0.1, 0.15) is 18.1 Å². The Morgan fingerprint density at radius 1 is 0.886 bits per heavy atom. The molecule has 0 unspecified atom stereocenters. The fraction of sp³-hybridized carbons (Fsp3) is 0.600. The van der Waals surface area contributed by atoms with Crippen molar-refractivity contribution in [1.82, 2.24) is 10.3 Å². The SMILES string of the molecule is CCCCCCCCCCCCCCCC(=O)N/C(=C/c1ccc(OCc2ncc(C)c(OC)c2C)cc1)CCP(=O)(O)O. The van der Waals surface area contributed by atoms with E-state index in [1.54, 1.807) is 19.4 Å². The maximum absolute atomic E-state index is 12.7. The fourth-order valence-corrected chi connectivity index (χ4v) is 5.74.